The highest BCUT2D eigenvalue weighted by Crippen LogP contribution is 2.13. The molecule has 0 spiro atoms. The Kier molecular flexibility index (Phi) is 4.18. The molecule has 0 aromatic heterocycles. The highest BCUT2D eigenvalue weighted by Gasteiger charge is 2.26. The first kappa shape index (κ1) is 11.9. The van der Waals surface area contributed by atoms with Crippen molar-refractivity contribution in [2.75, 3.05) is 32.8 Å². The van der Waals surface area contributed by atoms with Crippen LogP contribution in [0.4, 0.5) is 0 Å². The Morgan fingerprint density at radius 2 is 1.88 bits per heavy atom. The Labute approximate surface area is 101 Å². The summed E-state index contributed by atoms with van der Waals surface area (Å²) in [4.78, 5) is 1.57. The van der Waals surface area contributed by atoms with E-state index in [1.807, 2.05) is 12.1 Å². The Balaban J connectivity index is 2.11. The lowest BCUT2D eigenvalue weighted by molar-refractivity contribution is -0.944. The molecule has 0 unspecified atom stereocenters. The van der Waals surface area contributed by atoms with Gasteiger partial charge in [0.25, 0.3) is 0 Å². The van der Waals surface area contributed by atoms with E-state index >= 15 is 0 Å². The average Bonchev–Trinajstić information content (AvgIpc) is 2.34. The zero-order valence-corrected chi connectivity index (χ0v) is 10.2. The van der Waals surface area contributed by atoms with Gasteiger partial charge in [0.2, 0.25) is 0 Å². The van der Waals surface area contributed by atoms with E-state index < -0.39 is 0 Å². The van der Waals surface area contributed by atoms with Gasteiger partial charge < -0.3 is 15.4 Å². The van der Waals surface area contributed by atoms with E-state index in [-0.39, 0.29) is 0 Å². The molecule has 16 heavy (non-hydrogen) atoms. The largest absolute Gasteiger partial charge is 0.370 e. The highest BCUT2D eigenvalue weighted by atomic mass is 35.5. The van der Waals surface area contributed by atoms with Crippen molar-refractivity contribution in [3.05, 3.63) is 34.9 Å². The molecule has 0 aliphatic carbocycles. The predicted octanol–water partition coefficient (Wildman–Crippen LogP) is -0.462. The van der Waals surface area contributed by atoms with Gasteiger partial charge in [-0.25, -0.2) is 0 Å². The van der Waals surface area contributed by atoms with Gasteiger partial charge in [0, 0.05) is 10.6 Å². The average molecular weight is 243 g/mol. The Bertz CT molecular complexity index is 322. The lowest BCUT2D eigenvalue weighted by Gasteiger charge is -2.29. The second-order valence-electron chi connectivity index (χ2n) is 4.16. The Hall–Kier alpha value is -0.610. The summed E-state index contributed by atoms with van der Waals surface area (Å²) < 4.78 is 5.39. The molecule has 0 saturated carbocycles. The van der Waals surface area contributed by atoms with Crippen molar-refractivity contribution in [2.45, 2.75) is 6.04 Å². The van der Waals surface area contributed by atoms with Gasteiger partial charge in [-0.1, -0.05) is 23.7 Å². The number of quaternary nitrogens is 2. The van der Waals surface area contributed by atoms with E-state index in [1.165, 1.54) is 5.56 Å². The van der Waals surface area contributed by atoms with E-state index in [2.05, 4.69) is 17.9 Å². The molecule has 88 valence electrons. The number of halogens is 1. The lowest BCUT2D eigenvalue weighted by atomic mass is 10.1. The van der Waals surface area contributed by atoms with Crippen LogP contribution in [0.25, 0.3) is 0 Å². The van der Waals surface area contributed by atoms with E-state index in [4.69, 9.17) is 16.3 Å². The Morgan fingerprint density at radius 1 is 1.25 bits per heavy atom. The number of hydrogen-bond acceptors (Lipinski definition) is 1. The fourth-order valence-electron chi connectivity index (χ4n) is 2.28. The van der Waals surface area contributed by atoms with Crippen LogP contribution in [0.15, 0.2) is 24.3 Å². The molecule has 1 heterocycles. The van der Waals surface area contributed by atoms with Crippen LogP contribution in [0.5, 0.6) is 0 Å². The first-order chi connectivity index (χ1) is 7.81. The summed E-state index contributed by atoms with van der Waals surface area (Å²) in [6.07, 6.45) is 0. The smallest absolute Gasteiger partial charge is 0.163 e. The number of morpholine rings is 1. The number of rotatable bonds is 3. The topological polar surface area (TPSA) is 41.3 Å². The van der Waals surface area contributed by atoms with Crippen molar-refractivity contribution in [3.8, 4) is 0 Å². The van der Waals surface area contributed by atoms with Crippen molar-refractivity contribution < 1.29 is 15.4 Å². The number of ether oxygens (including phenoxy) is 1. The van der Waals surface area contributed by atoms with Gasteiger partial charge in [-0.2, -0.15) is 0 Å². The Morgan fingerprint density at radius 3 is 2.44 bits per heavy atom. The number of hydrogen-bond donors (Lipinski definition) is 2. The van der Waals surface area contributed by atoms with Gasteiger partial charge in [-0.15, -0.1) is 0 Å². The van der Waals surface area contributed by atoms with E-state index in [9.17, 15) is 0 Å². The van der Waals surface area contributed by atoms with Gasteiger partial charge in [0.1, 0.15) is 19.6 Å². The minimum atomic E-state index is 0.473. The van der Waals surface area contributed by atoms with Crippen LogP contribution >= 0.6 is 11.6 Å². The molecule has 1 aliphatic rings. The lowest BCUT2D eigenvalue weighted by Crippen LogP contribution is -3.15. The van der Waals surface area contributed by atoms with Crippen LogP contribution in [0.1, 0.15) is 11.6 Å². The van der Waals surface area contributed by atoms with Crippen LogP contribution in [-0.2, 0) is 4.74 Å². The molecule has 4 heteroatoms. The van der Waals surface area contributed by atoms with E-state index in [1.54, 1.807) is 4.90 Å². The maximum absolute atomic E-state index is 5.90. The van der Waals surface area contributed by atoms with Crippen molar-refractivity contribution in [1.29, 1.82) is 0 Å². The SMILES string of the molecule is [NH3+]C[C@@H](c1ccc(Cl)cc1)[NH+]1CCOCC1. The van der Waals surface area contributed by atoms with Crippen LogP contribution in [0.2, 0.25) is 5.02 Å². The molecular weight excluding hydrogens is 224 g/mol. The first-order valence-corrected chi connectivity index (χ1v) is 6.16. The van der Waals surface area contributed by atoms with Crippen molar-refractivity contribution in [1.82, 2.24) is 0 Å². The minimum absolute atomic E-state index is 0.473. The zero-order valence-electron chi connectivity index (χ0n) is 9.42. The summed E-state index contributed by atoms with van der Waals surface area (Å²) >= 11 is 5.90. The van der Waals surface area contributed by atoms with Crippen molar-refractivity contribution in [2.24, 2.45) is 0 Å². The summed E-state index contributed by atoms with van der Waals surface area (Å²) in [7, 11) is 0. The molecule has 1 fully saturated rings. The fraction of sp³-hybridized carbons (Fsp3) is 0.500. The van der Waals surface area contributed by atoms with Gasteiger partial charge >= 0.3 is 0 Å². The van der Waals surface area contributed by atoms with Crippen LogP contribution in [0.3, 0.4) is 0 Å². The molecule has 1 atom stereocenters. The molecule has 1 aromatic carbocycles. The third-order valence-corrected chi connectivity index (χ3v) is 3.44. The van der Waals surface area contributed by atoms with Crippen LogP contribution in [0, 0.1) is 0 Å². The maximum Gasteiger partial charge on any atom is 0.163 e. The van der Waals surface area contributed by atoms with Gasteiger partial charge in [-0.05, 0) is 12.1 Å². The summed E-state index contributed by atoms with van der Waals surface area (Å²) in [6, 6.07) is 8.61. The highest BCUT2D eigenvalue weighted by molar-refractivity contribution is 6.30. The van der Waals surface area contributed by atoms with Gasteiger partial charge in [0.15, 0.2) is 6.04 Å². The molecule has 3 nitrogen and oxygen atoms in total. The van der Waals surface area contributed by atoms with Crippen molar-refractivity contribution in [3.63, 3.8) is 0 Å². The molecule has 0 bridgehead atoms. The summed E-state index contributed by atoms with van der Waals surface area (Å²) in [5, 5.41) is 0.795. The normalized spacial score (nSPS) is 19.6. The van der Waals surface area contributed by atoms with E-state index in [0.717, 1.165) is 37.9 Å². The fourth-order valence-corrected chi connectivity index (χ4v) is 2.41. The predicted molar refractivity (Wildman–Crippen MR) is 63.5 cm³/mol. The molecule has 1 aliphatic heterocycles. The molecule has 0 radical (unpaired) electrons. The second kappa shape index (κ2) is 5.64. The summed E-state index contributed by atoms with van der Waals surface area (Å²) in [6.45, 7) is 4.78. The summed E-state index contributed by atoms with van der Waals surface area (Å²) in [5.74, 6) is 0. The molecule has 0 amide bonds. The quantitative estimate of drug-likeness (QED) is 0.740. The standard InChI is InChI=1S/C12H17ClN2O/c13-11-3-1-10(2-4-11)12(9-14)15-5-7-16-8-6-15/h1-4,12H,5-9,14H2/p+2/t12-/m0/s1. The third-order valence-electron chi connectivity index (χ3n) is 3.19. The monoisotopic (exact) mass is 242 g/mol. The molecule has 1 saturated heterocycles. The summed E-state index contributed by atoms with van der Waals surface area (Å²) in [5.41, 5.74) is 5.40. The van der Waals surface area contributed by atoms with Gasteiger partial charge in [0.05, 0.1) is 13.2 Å². The molecule has 2 rings (SSSR count). The van der Waals surface area contributed by atoms with Crippen LogP contribution < -0.4 is 10.6 Å². The first-order valence-electron chi connectivity index (χ1n) is 5.78. The van der Waals surface area contributed by atoms with Gasteiger partial charge in [-0.3, -0.25) is 0 Å². The zero-order chi connectivity index (χ0) is 11.4. The van der Waals surface area contributed by atoms with Crippen molar-refractivity contribution >= 4 is 11.6 Å². The minimum Gasteiger partial charge on any atom is -0.370 e. The number of benzene rings is 1. The maximum atomic E-state index is 5.90. The molecule has 1 aromatic rings. The van der Waals surface area contributed by atoms with Crippen LogP contribution in [-0.4, -0.2) is 32.8 Å². The van der Waals surface area contributed by atoms with E-state index in [0.29, 0.717) is 6.04 Å². The number of nitrogens with one attached hydrogen (secondary N) is 1. The second-order valence-corrected chi connectivity index (χ2v) is 4.60. The third kappa shape index (κ3) is 2.74. The molecule has 4 N–H and O–H groups in total. The molecular formula is C12H19ClN2O+2.